The third-order valence-electron chi connectivity index (χ3n) is 2.81. The van der Waals surface area contributed by atoms with E-state index in [9.17, 15) is 4.39 Å². The van der Waals surface area contributed by atoms with Gasteiger partial charge in [0.25, 0.3) is 0 Å². The predicted octanol–water partition coefficient (Wildman–Crippen LogP) is 2.04. The lowest BCUT2D eigenvalue weighted by atomic mass is 10.1. The summed E-state index contributed by atoms with van der Waals surface area (Å²) < 4.78 is 20.6. The average molecular weight is 264 g/mol. The third kappa shape index (κ3) is 3.08. The summed E-state index contributed by atoms with van der Waals surface area (Å²) in [6.45, 7) is 4.76. The van der Waals surface area contributed by atoms with Gasteiger partial charge in [-0.1, -0.05) is 0 Å². The van der Waals surface area contributed by atoms with Crippen molar-refractivity contribution in [3.8, 4) is 5.75 Å². The molecule has 0 saturated carbocycles. The normalized spacial score (nSPS) is 12.4. The summed E-state index contributed by atoms with van der Waals surface area (Å²) in [6, 6.07) is 4.03. The zero-order chi connectivity index (χ0) is 13.8. The first-order chi connectivity index (χ1) is 9.11. The minimum atomic E-state index is -0.323. The largest absolute Gasteiger partial charge is 0.485 e. The molecule has 0 aliphatic heterocycles. The fourth-order valence-corrected chi connectivity index (χ4v) is 1.81. The van der Waals surface area contributed by atoms with Crippen molar-refractivity contribution in [2.75, 3.05) is 0 Å². The summed E-state index contributed by atoms with van der Waals surface area (Å²) in [5.74, 6) is 0.973. The Bertz CT molecular complexity index is 553. The Balaban J connectivity index is 2.15. The quantitative estimate of drug-likeness (QED) is 0.897. The van der Waals surface area contributed by atoms with Crippen molar-refractivity contribution in [1.29, 1.82) is 0 Å². The van der Waals surface area contributed by atoms with Crippen LogP contribution in [0.5, 0.6) is 5.75 Å². The molecule has 0 fully saturated rings. The van der Waals surface area contributed by atoms with Gasteiger partial charge in [0.2, 0.25) is 0 Å². The second-order valence-electron chi connectivity index (χ2n) is 4.25. The molecule has 6 heteroatoms. The minimum absolute atomic E-state index is 0.277. The van der Waals surface area contributed by atoms with Crippen LogP contribution in [0, 0.1) is 5.82 Å². The topological polar surface area (TPSA) is 66.0 Å². The summed E-state index contributed by atoms with van der Waals surface area (Å²) in [6.07, 6.45) is 1.49. The van der Waals surface area contributed by atoms with Gasteiger partial charge in [0.1, 0.15) is 24.5 Å². The molecule has 102 valence electrons. The van der Waals surface area contributed by atoms with Gasteiger partial charge >= 0.3 is 0 Å². The van der Waals surface area contributed by atoms with Gasteiger partial charge < -0.3 is 10.5 Å². The zero-order valence-corrected chi connectivity index (χ0v) is 11.0. The summed E-state index contributed by atoms with van der Waals surface area (Å²) in [7, 11) is 0. The van der Waals surface area contributed by atoms with Crippen LogP contribution in [0.25, 0.3) is 0 Å². The molecule has 1 heterocycles. The van der Waals surface area contributed by atoms with Gasteiger partial charge in [-0.05, 0) is 32.0 Å². The van der Waals surface area contributed by atoms with Crippen molar-refractivity contribution in [2.45, 2.75) is 33.0 Å². The van der Waals surface area contributed by atoms with Crippen LogP contribution in [0.4, 0.5) is 4.39 Å². The summed E-state index contributed by atoms with van der Waals surface area (Å²) >= 11 is 0. The van der Waals surface area contributed by atoms with Gasteiger partial charge in [0, 0.05) is 18.2 Å². The highest BCUT2D eigenvalue weighted by Gasteiger charge is 2.11. The molecule has 0 spiro atoms. The van der Waals surface area contributed by atoms with Crippen molar-refractivity contribution in [3.63, 3.8) is 0 Å². The molecule has 1 atom stereocenters. The first-order valence-corrected chi connectivity index (χ1v) is 6.16. The van der Waals surface area contributed by atoms with E-state index in [0.717, 1.165) is 12.4 Å². The molecule has 0 saturated heterocycles. The standard InChI is InChI=1S/C13H17FN4O/c1-3-18-13(16-8-17-18)7-19-12-5-4-10(14)6-11(12)9(2)15/h4-6,8-9H,3,7,15H2,1-2H3/t9-/m1/s1. The Morgan fingerprint density at radius 3 is 2.95 bits per heavy atom. The van der Waals surface area contributed by atoms with Crippen LogP contribution in [0.2, 0.25) is 0 Å². The van der Waals surface area contributed by atoms with E-state index in [0.29, 0.717) is 11.3 Å². The number of halogens is 1. The average Bonchev–Trinajstić information content (AvgIpc) is 2.84. The number of aryl methyl sites for hydroxylation is 1. The van der Waals surface area contributed by atoms with E-state index in [-0.39, 0.29) is 18.5 Å². The Morgan fingerprint density at radius 1 is 1.47 bits per heavy atom. The van der Waals surface area contributed by atoms with Crippen LogP contribution < -0.4 is 10.5 Å². The number of rotatable bonds is 5. The summed E-state index contributed by atoms with van der Waals surface area (Å²) in [5, 5.41) is 4.06. The van der Waals surface area contributed by atoms with Gasteiger partial charge in [-0.3, -0.25) is 0 Å². The number of ether oxygens (including phenoxy) is 1. The van der Waals surface area contributed by atoms with E-state index in [1.54, 1.807) is 17.7 Å². The number of hydrogen-bond acceptors (Lipinski definition) is 4. The third-order valence-corrected chi connectivity index (χ3v) is 2.81. The Hall–Kier alpha value is -1.95. The second kappa shape index (κ2) is 5.79. The lowest BCUT2D eigenvalue weighted by Crippen LogP contribution is -2.11. The molecule has 2 aromatic rings. The molecular formula is C13H17FN4O. The Kier molecular flexibility index (Phi) is 4.11. The molecule has 2 N–H and O–H groups in total. The lowest BCUT2D eigenvalue weighted by molar-refractivity contribution is 0.282. The van der Waals surface area contributed by atoms with Gasteiger partial charge in [0.15, 0.2) is 5.82 Å². The van der Waals surface area contributed by atoms with Crippen LogP contribution in [-0.4, -0.2) is 14.8 Å². The van der Waals surface area contributed by atoms with E-state index in [4.69, 9.17) is 10.5 Å². The summed E-state index contributed by atoms with van der Waals surface area (Å²) in [4.78, 5) is 4.12. The fraction of sp³-hybridized carbons (Fsp3) is 0.385. The van der Waals surface area contributed by atoms with Crippen LogP contribution in [0.15, 0.2) is 24.5 Å². The molecule has 19 heavy (non-hydrogen) atoms. The van der Waals surface area contributed by atoms with E-state index in [1.807, 2.05) is 6.92 Å². The number of nitrogens with zero attached hydrogens (tertiary/aromatic N) is 3. The lowest BCUT2D eigenvalue weighted by Gasteiger charge is -2.14. The summed E-state index contributed by atoms with van der Waals surface area (Å²) in [5.41, 5.74) is 6.45. The number of nitrogens with two attached hydrogens (primary N) is 1. The van der Waals surface area contributed by atoms with Gasteiger partial charge in [-0.25, -0.2) is 14.1 Å². The first-order valence-electron chi connectivity index (χ1n) is 6.16. The molecule has 0 bridgehead atoms. The maximum atomic E-state index is 13.2. The van der Waals surface area contributed by atoms with Gasteiger partial charge in [0.05, 0.1) is 0 Å². The van der Waals surface area contributed by atoms with E-state index >= 15 is 0 Å². The molecule has 1 aromatic heterocycles. The zero-order valence-electron chi connectivity index (χ0n) is 11.0. The first kappa shape index (κ1) is 13.5. The Labute approximate surface area is 111 Å². The van der Waals surface area contributed by atoms with Gasteiger partial charge in [-0.15, -0.1) is 0 Å². The predicted molar refractivity (Wildman–Crippen MR) is 69.0 cm³/mol. The van der Waals surface area contributed by atoms with Crippen molar-refractivity contribution < 1.29 is 9.13 Å². The molecule has 0 unspecified atom stereocenters. The highest BCUT2D eigenvalue weighted by Crippen LogP contribution is 2.25. The molecule has 2 rings (SSSR count). The SMILES string of the molecule is CCn1ncnc1COc1ccc(F)cc1[C@@H](C)N. The smallest absolute Gasteiger partial charge is 0.164 e. The highest BCUT2D eigenvalue weighted by molar-refractivity contribution is 5.36. The minimum Gasteiger partial charge on any atom is -0.485 e. The second-order valence-corrected chi connectivity index (χ2v) is 4.25. The van der Waals surface area contributed by atoms with Crippen LogP contribution >= 0.6 is 0 Å². The molecule has 0 amide bonds. The maximum Gasteiger partial charge on any atom is 0.164 e. The van der Waals surface area contributed by atoms with Crippen molar-refractivity contribution in [3.05, 3.63) is 41.7 Å². The Morgan fingerprint density at radius 2 is 2.26 bits per heavy atom. The highest BCUT2D eigenvalue weighted by atomic mass is 19.1. The van der Waals surface area contributed by atoms with Crippen LogP contribution in [0.1, 0.15) is 31.3 Å². The van der Waals surface area contributed by atoms with Crippen LogP contribution in [0.3, 0.4) is 0 Å². The van der Waals surface area contributed by atoms with Crippen molar-refractivity contribution >= 4 is 0 Å². The number of benzene rings is 1. The van der Waals surface area contributed by atoms with Crippen LogP contribution in [-0.2, 0) is 13.2 Å². The van der Waals surface area contributed by atoms with Gasteiger partial charge in [-0.2, -0.15) is 5.10 Å². The van der Waals surface area contributed by atoms with Crippen molar-refractivity contribution in [2.24, 2.45) is 5.73 Å². The molecule has 0 aliphatic carbocycles. The molecule has 1 aromatic carbocycles. The molecule has 0 radical (unpaired) electrons. The molecule has 0 aliphatic rings. The van der Waals surface area contributed by atoms with E-state index < -0.39 is 0 Å². The fourth-order valence-electron chi connectivity index (χ4n) is 1.81. The van der Waals surface area contributed by atoms with E-state index in [2.05, 4.69) is 10.1 Å². The molecular weight excluding hydrogens is 247 g/mol. The van der Waals surface area contributed by atoms with Crippen molar-refractivity contribution in [1.82, 2.24) is 14.8 Å². The number of hydrogen-bond donors (Lipinski definition) is 1. The molecule has 5 nitrogen and oxygen atoms in total. The van der Waals surface area contributed by atoms with E-state index in [1.165, 1.54) is 18.5 Å². The number of aromatic nitrogens is 3. The monoisotopic (exact) mass is 264 g/mol. The maximum absolute atomic E-state index is 13.2.